The van der Waals surface area contributed by atoms with Crippen LogP contribution in [0, 0.1) is 20.8 Å². The van der Waals surface area contributed by atoms with E-state index in [2.05, 4.69) is 20.6 Å². The van der Waals surface area contributed by atoms with Crippen LogP contribution < -0.4 is 10.6 Å². The maximum Gasteiger partial charge on any atom is 0.255 e. The van der Waals surface area contributed by atoms with Gasteiger partial charge < -0.3 is 15.1 Å². The molecule has 1 amide bonds. The molecule has 0 radical (unpaired) electrons. The zero-order chi connectivity index (χ0) is 14.5. The molecule has 2 N–H and O–H groups in total. The fourth-order valence-corrected chi connectivity index (χ4v) is 1.96. The SMILES string of the molecule is Cc1oc(C)c(C(=O)NCCNc2ncccn2)c1C. The highest BCUT2D eigenvalue weighted by molar-refractivity contribution is 5.96. The fraction of sp³-hybridized carbons (Fsp3) is 0.357. The van der Waals surface area contributed by atoms with Crippen LogP contribution in [0.4, 0.5) is 5.95 Å². The molecule has 106 valence electrons. The number of rotatable bonds is 5. The summed E-state index contributed by atoms with van der Waals surface area (Å²) in [5.41, 5.74) is 1.51. The van der Waals surface area contributed by atoms with Crippen molar-refractivity contribution in [1.29, 1.82) is 0 Å². The molecule has 0 bridgehead atoms. The molecule has 2 rings (SSSR count). The third-order valence-corrected chi connectivity index (χ3v) is 3.05. The van der Waals surface area contributed by atoms with E-state index in [-0.39, 0.29) is 5.91 Å². The zero-order valence-corrected chi connectivity index (χ0v) is 11.9. The Morgan fingerprint density at radius 1 is 1.15 bits per heavy atom. The Morgan fingerprint density at radius 3 is 2.45 bits per heavy atom. The van der Waals surface area contributed by atoms with Gasteiger partial charge in [0.15, 0.2) is 0 Å². The number of hydrogen-bond donors (Lipinski definition) is 2. The predicted molar refractivity (Wildman–Crippen MR) is 75.8 cm³/mol. The van der Waals surface area contributed by atoms with Gasteiger partial charge in [-0.3, -0.25) is 4.79 Å². The molecule has 0 spiro atoms. The number of nitrogens with zero attached hydrogens (tertiary/aromatic N) is 2. The number of carbonyl (C=O) groups excluding carboxylic acids is 1. The number of amides is 1. The van der Waals surface area contributed by atoms with Gasteiger partial charge in [0.1, 0.15) is 11.5 Å². The summed E-state index contributed by atoms with van der Waals surface area (Å²) >= 11 is 0. The summed E-state index contributed by atoms with van der Waals surface area (Å²) in [5.74, 6) is 1.86. The minimum Gasteiger partial charge on any atom is -0.466 e. The second-order valence-corrected chi connectivity index (χ2v) is 4.47. The Balaban J connectivity index is 1.84. The largest absolute Gasteiger partial charge is 0.466 e. The van der Waals surface area contributed by atoms with Crippen molar-refractivity contribution in [2.24, 2.45) is 0 Å². The van der Waals surface area contributed by atoms with Crippen LogP contribution in [0.2, 0.25) is 0 Å². The molecular formula is C14H18N4O2. The van der Waals surface area contributed by atoms with Crippen molar-refractivity contribution in [3.63, 3.8) is 0 Å². The van der Waals surface area contributed by atoms with E-state index in [0.717, 1.165) is 11.3 Å². The van der Waals surface area contributed by atoms with Gasteiger partial charge >= 0.3 is 0 Å². The average Bonchev–Trinajstić information content (AvgIpc) is 2.69. The van der Waals surface area contributed by atoms with Gasteiger partial charge in [0, 0.05) is 31.0 Å². The van der Waals surface area contributed by atoms with Gasteiger partial charge in [-0.25, -0.2) is 9.97 Å². The minimum atomic E-state index is -0.118. The third kappa shape index (κ3) is 3.14. The number of aromatic nitrogens is 2. The maximum absolute atomic E-state index is 12.1. The molecule has 6 nitrogen and oxygen atoms in total. The van der Waals surface area contributed by atoms with Gasteiger partial charge in [0.2, 0.25) is 5.95 Å². The number of aryl methyl sites for hydroxylation is 2. The molecule has 20 heavy (non-hydrogen) atoms. The van der Waals surface area contributed by atoms with Crippen molar-refractivity contribution in [3.8, 4) is 0 Å². The van der Waals surface area contributed by atoms with Crippen molar-refractivity contribution in [2.45, 2.75) is 20.8 Å². The molecule has 0 saturated heterocycles. The summed E-state index contributed by atoms with van der Waals surface area (Å²) in [6.45, 7) is 6.58. The highest BCUT2D eigenvalue weighted by atomic mass is 16.3. The summed E-state index contributed by atoms with van der Waals surface area (Å²) in [4.78, 5) is 20.2. The van der Waals surface area contributed by atoms with Crippen molar-refractivity contribution in [2.75, 3.05) is 18.4 Å². The number of carbonyl (C=O) groups is 1. The van der Waals surface area contributed by atoms with Crippen LogP contribution in [-0.2, 0) is 0 Å². The van der Waals surface area contributed by atoms with Crippen LogP contribution >= 0.6 is 0 Å². The van der Waals surface area contributed by atoms with Gasteiger partial charge in [0.25, 0.3) is 5.91 Å². The van der Waals surface area contributed by atoms with E-state index >= 15 is 0 Å². The van der Waals surface area contributed by atoms with E-state index in [1.165, 1.54) is 0 Å². The van der Waals surface area contributed by atoms with E-state index in [4.69, 9.17) is 4.42 Å². The second kappa shape index (κ2) is 6.18. The smallest absolute Gasteiger partial charge is 0.255 e. The molecule has 2 aromatic rings. The Labute approximate surface area is 117 Å². The minimum absolute atomic E-state index is 0.118. The molecule has 0 atom stereocenters. The monoisotopic (exact) mass is 274 g/mol. The summed E-state index contributed by atoms with van der Waals surface area (Å²) in [7, 11) is 0. The standard InChI is InChI=1S/C14H18N4O2/c1-9-10(2)20-11(3)12(9)13(19)15-7-8-18-14-16-5-4-6-17-14/h4-6H,7-8H2,1-3H3,(H,15,19)(H,16,17,18). The summed E-state index contributed by atoms with van der Waals surface area (Å²) in [6.07, 6.45) is 3.32. The van der Waals surface area contributed by atoms with E-state index in [1.807, 2.05) is 13.8 Å². The number of furan rings is 1. The molecule has 0 saturated carbocycles. The first kappa shape index (κ1) is 14.0. The van der Waals surface area contributed by atoms with Gasteiger partial charge in [-0.15, -0.1) is 0 Å². The van der Waals surface area contributed by atoms with Crippen molar-refractivity contribution in [3.05, 3.63) is 41.1 Å². The number of hydrogen-bond acceptors (Lipinski definition) is 5. The predicted octanol–water partition coefficient (Wildman–Crippen LogP) is 1.84. The van der Waals surface area contributed by atoms with E-state index < -0.39 is 0 Å². The lowest BCUT2D eigenvalue weighted by Crippen LogP contribution is -2.29. The van der Waals surface area contributed by atoms with Crippen molar-refractivity contribution < 1.29 is 9.21 Å². The molecule has 2 heterocycles. The normalized spacial score (nSPS) is 10.3. The molecule has 6 heteroatoms. The fourth-order valence-electron chi connectivity index (χ4n) is 1.96. The molecule has 2 aromatic heterocycles. The van der Waals surface area contributed by atoms with Gasteiger partial charge in [-0.05, 0) is 26.8 Å². The first-order chi connectivity index (χ1) is 9.59. The van der Waals surface area contributed by atoms with Gasteiger partial charge in [0.05, 0.1) is 5.56 Å². The first-order valence-corrected chi connectivity index (χ1v) is 6.45. The molecular weight excluding hydrogens is 256 g/mol. The van der Waals surface area contributed by atoms with E-state index in [1.54, 1.807) is 25.4 Å². The molecule has 0 aliphatic rings. The topological polar surface area (TPSA) is 80.0 Å². The van der Waals surface area contributed by atoms with Gasteiger partial charge in [-0.1, -0.05) is 0 Å². The van der Waals surface area contributed by atoms with Crippen LogP contribution in [0.3, 0.4) is 0 Å². The lowest BCUT2D eigenvalue weighted by atomic mass is 10.1. The average molecular weight is 274 g/mol. The Hall–Kier alpha value is -2.37. The molecule has 0 aliphatic heterocycles. The number of nitrogens with one attached hydrogen (secondary N) is 2. The van der Waals surface area contributed by atoms with E-state index in [9.17, 15) is 4.79 Å². The Kier molecular flexibility index (Phi) is 4.34. The number of anilines is 1. The van der Waals surface area contributed by atoms with E-state index in [0.29, 0.717) is 30.4 Å². The second-order valence-electron chi connectivity index (χ2n) is 4.47. The van der Waals surface area contributed by atoms with Crippen molar-refractivity contribution >= 4 is 11.9 Å². The highest BCUT2D eigenvalue weighted by Gasteiger charge is 2.17. The summed E-state index contributed by atoms with van der Waals surface area (Å²) < 4.78 is 5.45. The molecule has 0 aromatic carbocycles. The van der Waals surface area contributed by atoms with Crippen LogP contribution in [0.25, 0.3) is 0 Å². The summed E-state index contributed by atoms with van der Waals surface area (Å²) in [5, 5.41) is 5.87. The Bertz CT molecular complexity index is 593. The molecule has 0 fully saturated rings. The quantitative estimate of drug-likeness (QED) is 0.813. The van der Waals surface area contributed by atoms with Crippen LogP contribution in [0.5, 0.6) is 0 Å². The van der Waals surface area contributed by atoms with Crippen LogP contribution in [0.1, 0.15) is 27.4 Å². The Morgan fingerprint density at radius 2 is 1.85 bits per heavy atom. The first-order valence-electron chi connectivity index (χ1n) is 6.45. The highest BCUT2D eigenvalue weighted by Crippen LogP contribution is 2.20. The molecule has 0 aliphatic carbocycles. The maximum atomic E-state index is 12.1. The lowest BCUT2D eigenvalue weighted by molar-refractivity contribution is 0.0953. The zero-order valence-electron chi connectivity index (χ0n) is 11.9. The van der Waals surface area contributed by atoms with Crippen LogP contribution in [0.15, 0.2) is 22.9 Å². The van der Waals surface area contributed by atoms with Crippen LogP contribution in [-0.4, -0.2) is 29.0 Å². The van der Waals surface area contributed by atoms with Gasteiger partial charge in [-0.2, -0.15) is 0 Å². The molecule has 0 unspecified atom stereocenters. The lowest BCUT2D eigenvalue weighted by Gasteiger charge is -2.06. The summed E-state index contributed by atoms with van der Waals surface area (Å²) in [6, 6.07) is 1.75. The third-order valence-electron chi connectivity index (χ3n) is 3.05. The van der Waals surface area contributed by atoms with Crippen molar-refractivity contribution in [1.82, 2.24) is 15.3 Å².